The van der Waals surface area contributed by atoms with Crippen LogP contribution in [0.2, 0.25) is 0 Å². The molecule has 0 aromatic heterocycles. The van der Waals surface area contributed by atoms with E-state index in [1.807, 2.05) is 44.2 Å². The molecule has 3 aromatic carbocycles. The highest BCUT2D eigenvalue weighted by Crippen LogP contribution is 2.34. The molecule has 3 aromatic rings. The molecule has 0 bridgehead atoms. The van der Waals surface area contributed by atoms with Gasteiger partial charge in [-0.2, -0.15) is 0 Å². The maximum Gasteiger partial charge on any atom is 0.265 e. The molecular formula is C24H23BrN2O4S. The molecule has 1 N–H and O–H groups in total. The van der Waals surface area contributed by atoms with Gasteiger partial charge >= 0.3 is 0 Å². The van der Waals surface area contributed by atoms with Crippen molar-refractivity contribution in [3.63, 3.8) is 0 Å². The second-order valence-electron chi connectivity index (χ2n) is 7.82. The van der Waals surface area contributed by atoms with Gasteiger partial charge in [-0.25, -0.2) is 8.42 Å². The van der Waals surface area contributed by atoms with Crippen LogP contribution in [0, 0.1) is 6.92 Å². The van der Waals surface area contributed by atoms with Gasteiger partial charge in [0.25, 0.3) is 15.9 Å². The minimum absolute atomic E-state index is 0.0516. The number of rotatable bonds is 6. The highest BCUT2D eigenvalue weighted by atomic mass is 79.9. The van der Waals surface area contributed by atoms with E-state index < -0.39 is 10.0 Å². The summed E-state index contributed by atoms with van der Waals surface area (Å²) < 4.78 is 34.4. The van der Waals surface area contributed by atoms with E-state index in [0.717, 1.165) is 27.7 Å². The normalized spacial score (nSPS) is 15.3. The second-order valence-corrected chi connectivity index (χ2v) is 10.4. The van der Waals surface area contributed by atoms with Crippen molar-refractivity contribution in [1.29, 1.82) is 0 Å². The average molecular weight is 515 g/mol. The number of ether oxygens (including phenoxy) is 1. The minimum Gasteiger partial charge on any atom is -0.484 e. The van der Waals surface area contributed by atoms with Crippen LogP contribution >= 0.6 is 15.9 Å². The molecule has 1 aliphatic heterocycles. The van der Waals surface area contributed by atoms with Gasteiger partial charge in [0.15, 0.2) is 6.61 Å². The summed E-state index contributed by atoms with van der Waals surface area (Å²) in [5.74, 6) is 0.284. The Bertz CT molecular complexity index is 1240. The number of fused-ring (bicyclic) bond motifs is 1. The molecule has 1 aliphatic rings. The molecule has 0 aliphatic carbocycles. The van der Waals surface area contributed by atoms with Gasteiger partial charge < -0.3 is 9.64 Å². The van der Waals surface area contributed by atoms with Crippen LogP contribution in [0.3, 0.4) is 0 Å². The van der Waals surface area contributed by atoms with Gasteiger partial charge in [0.2, 0.25) is 0 Å². The zero-order chi connectivity index (χ0) is 22.9. The number of sulfonamides is 1. The second kappa shape index (κ2) is 8.96. The lowest BCUT2D eigenvalue weighted by Gasteiger charge is -2.22. The van der Waals surface area contributed by atoms with Crippen LogP contribution in [0.25, 0.3) is 0 Å². The number of carbonyl (C=O) groups excluding carboxylic acids is 1. The lowest BCUT2D eigenvalue weighted by atomic mass is 10.1. The number of anilines is 2. The molecular weight excluding hydrogens is 492 g/mol. The zero-order valence-corrected chi connectivity index (χ0v) is 20.1. The van der Waals surface area contributed by atoms with Crippen molar-refractivity contribution in [1.82, 2.24) is 0 Å². The molecule has 8 heteroatoms. The molecule has 0 fully saturated rings. The van der Waals surface area contributed by atoms with Gasteiger partial charge in [-0.05, 0) is 80.4 Å². The molecule has 1 atom stereocenters. The van der Waals surface area contributed by atoms with Crippen LogP contribution in [0.1, 0.15) is 18.1 Å². The maximum absolute atomic E-state index is 12.8. The van der Waals surface area contributed by atoms with Gasteiger partial charge in [0, 0.05) is 21.9 Å². The molecule has 1 amide bonds. The zero-order valence-electron chi connectivity index (χ0n) is 17.7. The SMILES string of the molecule is Cc1ccc(NS(=O)(=O)c2ccc(OCC(=O)N3c4ccc(Br)cc4C[C@H]3C)cc2)cc1. The molecule has 6 nitrogen and oxygen atoms in total. The van der Waals surface area contributed by atoms with Gasteiger partial charge in [-0.1, -0.05) is 33.6 Å². The van der Waals surface area contributed by atoms with Crippen molar-refractivity contribution in [3.8, 4) is 5.75 Å². The fraction of sp³-hybridized carbons (Fsp3) is 0.208. The smallest absolute Gasteiger partial charge is 0.265 e. The quantitative estimate of drug-likeness (QED) is 0.506. The Kier molecular flexibility index (Phi) is 6.26. The summed E-state index contributed by atoms with van der Waals surface area (Å²) in [4.78, 5) is 14.7. The Morgan fingerprint density at radius 1 is 1.09 bits per heavy atom. The van der Waals surface area contributed by atoms with E-state index in [4.69, 9.17) is 4.74 Å². The Morgan fingerprint density at radius 3 is 2.47 bits per heavy atom. The van der Waals surface area contributed by atoms with Crippen molar-refractivity contribution in [3.05, 3.63) is 82.3 Å². The number of nitrogens with one attached hydrogen (secondary N) is 1. The fourth-order valence-corrected chi connectivity index (χ4v) is 5.21. The Morgan fingerprint density at radius 2 is 1.78 bits per heavy atom. The van der Waals surface area contributed by atoms with E-state index in [9.17, 15) is 13.2 Å². The third-order valence-electron chi connectivity index (χ3n) is 5.33. The van der Waals surface area contributed by atoms with E-state index in [1.165, 1.54) is 12.1 Å². The van der Waals surface area contributed by atoms with Crippen molar-refractivity contribution in [2.75, 3.05) is 16.2 Å². The number of benzene rings is 3. The molecule has 0 radical (unpaired) electrons. The van der Waals surface area contributed by atoms with E-state index in [2.05, 4.69) is 20.7 Å². The van der Waals surface area contributed by atoms with Crippen LogP contribution < -0.4 is 14.4 Å². The fourth-order valence-electron chi connectivity index (χ4n) is 3.75. The monoisotopic (exact) mass is 514 g/mol. The number of aryl methyl sites for hydroxylation is 1. The summed E-state index contributed by atoms with van der Waals surface area (Å²) in [6, 6.07) is 19.1. The Hall–Kier alpha value is -2.84. The predicted octanol–water partition coefficient (Wildman–Crippen LogP) is 4.91. The summed E-state index contributed by atoms with van der Waals surface area (Å²) >= 11 is 3.47. The van der Waals surface area contributed by atoms with E-state index >= 15 is 0 Å². The molecule has 32 heavy (non-hydrogen) atoms. The predicted molar refractivity (Wildman–Crippen MR) is 129 cm³/mol. The summed E-state index contributed by atoms with van der Waals surface area (Å²) in [6.45, 7) is 3.81. The third-order valence-corrected chi connectivity index (χ3v) is 7.22. The van der Waals surface area contributed by atoms with Gasteiger partial charge in [-0.15, -0.1) is 0 Å². The number of carbonyl (C=O) groups is 1. The van der Waals surface area contributed by atoms with Crippen LogP contribution in [0.15, 0.2) is 76.1 Å². The van der Waals surface area contributed by atoms with Crippen LogP contribution in [0.5, 0.6) is 5.75 Å². The molecule has 0 spiro atoms. The number of halogens is 1. The minimum atomic E-state index is -3.72. The molecule has 4 rings (SSSR count). The number of amides is 1. The maximum atomic E-state index is 12.8. The summed E-state index contributed by atoms with van der Waals surface area (Å²) in [7, 11) is -3.72. The van der Waals surface area contributed by atoms with E-state index in [0.29, 0.717) is 11.4 Å². The first-order chi connectivity index (χ1) is 15.2. The number of nitrogens with zero attached hydrogens (tertiary/aromatic N) is 1. The first-order valence-corrected chi connectivity index (χ1v) is 12.4. The molecule has 1 heterocycles. The Labute approximate surface area is 196 Å². The average Bonchev–Trinajstić information content (AvgIpc) is 3.08. The topological polar surface area (TPSA) is 75.7 Å². The first kappa shape index (κ1) is 22.4. The highest BCUT2D eigenvalue weighted by Gasteiger charge is 2.31. The van der Waals surface area contributed by atoms with Gasteiger partial charge in [0.1, 0.15) is 5.75 Å². The van der Waals surface area contributed by atoms with Crippen LogP contribution in [-0.2, 0) is 21.2 Å². The number of hydrogen-bond acceptors (Lipinski definition) is 4. The third kappa shape index (κ3) is 4.81. The van der Waals surface area contributed by atoms with Crippen molar-refractivity contribution in [2.24, 2.45) is 0 Å². The summed E-state index contributed by atoms with van der Waals surface area (Å²) in [5.41, 5.74) is 3.56. The van der Waals surface area contributed by atoms with E-state index in [-0.39, 0.29) is 23.5 Å². The van der Waals surface area contributed by atoms with Crippen molar-refractivity contribution < 1.29 is 17.9 Å². The summed E-state index contributed by atoms with van der Waals surface area (Å²) in [5, 5.41) is 0. The first-order valence-electron chi connectivity index (χ1n) is 10.2. The molecule has 0 saturated carbocycles. The Balaban J connectivity index is 1.40. The lowest BCUT2D eigenvalue weighted by molar-refractivity contribution is -0.120. The van der Waals surface area contributed by atoms with E-state index in [1.54, 1.807) is 29.2 Å². The summed E-state index contributed by atoms with van der Waals surface area (Å²) in [6.07, 6.45) is 0.793. The molecule has 0 unspecified atom stereocenters. The van der Waals surface area contributed by atoms with Crippen molar-refractivity contribution >= 4 is 43.2 Å². The molecule has 166 valence electrons. The van der Waals surface area contributed by atoms with Crippen LogP contribution in [-0.4, -0.2) is 27.0 Å². The van der Waals surface area contributed by atoms with Crippen molar-refractivity contribution in [2.45, 2.75) is 31.2 Å². The van der Waals surface area contributed by atoms with Gasteiger partial charge in [0.05, 0.1) is 4.90 Å². The van der Waals surface area contributed by atoms with Crippen LogP contribution in [0.4, 0.5) is 11.4 Å². The lowest BCUT2D eigenvalue weighted by Crippen LogP contribution is -2.39. The molecule has 0 saturated heterocycles. The number of hydrogen-bond donors (Lipinski definition) is 1. The largest absolute Gasteiger partial charge is 0.484 e. The highest BCUT2D eigenvalue weighted by molar-refractivity contribution is 9.10. The van der Waals surface area contributed by atoms with Gasteiger partial charge in [-0.3, -0.25) is 9.52 Å². The standard InChI is InChI=1S/C24H23BrN2O4S/c1-16-3-6-20(7-4-16)26-32(29,30)22-10-8-21(9-11-22)31-15-24(28)27-17(2)13-18-14-19(25)5-12-23(18)27/h3-12,14,17,26H,13,15H2,1-2H3/t17-/m1/s1.